The monoisotopic (exact) mass is 367 g/mol. The molecule has 0 saturated heterocycles. The van der Waals surface area contributed by atoms with Crippen LogP contribution >= 0.6 is 15.9 Å². The van der Waals surface area contributed by atoms with Gasteiger partial charge in [0.25, 0.3) is 15.9 Å². The molecule has 0 radical (unpaired) electrons. The van der Waals surface area contributed by atoms with E-state index in [0.29, 0.717) is 5.56 Å². The van der Waals surface area contributed by atoms with E-state index < -0.39 is 15.9 Å². The fraction of sp³-hybridized carbons (Fsp3) is 0.133. The van der Waals surface area contributed by atoms with Crippen LogP contribution in [0.3, 0.4) is 0 Å². The van der Waals surface area contributed by atoms with Gasteiger partial charge in [-0.15, -0.1) is 0 Å². The summed E-state index contributed by atoms with van der Waals surface area (Å²) in [6, 6.07) is 11.6. The summed E-state index contributed by atoms with van der Waals surface area (Å²) >= 11 is 3.26. The second-order valence-electron chi connectivity index (χ2n) is 4.71. The fourth-order valence-electron chi connectivity index (χ4n) is 1.83. The van der Waals surface area contributed by atoms with Crippen molar-refractivity contribution in [3.63, 3.8) is 0 Å². The first kappa shape index (κ1) is 15.7. The lowest BCUT2D eigenvalue weighted by atomic mass is 10.2. The predicted octanol–water partition coefficient (Wildman–Crippen LogP) is 3.18. The van der Waals surface area contributed by atoms with Crippen molar-refractivity contribution in [2.45, 2.75) is 18.7 Å². The Kier molecular flexibility index (Phi) is 4.49. The second kappa shape index (κ2) is 5.99. The van der Waals surface area contributed by atoms with Crippen LogP contribution in [0.5, 0.6) is 0 Å². The fourth-order valence-corrected chi connectivity index (χ4v) is 3.40. The molecule has 1 amide bonds. The second-order valence-corrected chi connectivity index (χ2v) is 7.28. The Bertz CT molecular complexity index is 783. The molecule has 4 nitrogen and oxygen atoms in total. The minimum absolute atomic E-state index is 0.118. The van der Waals surface area contributed by atoms with Crippen molar-refractivity contribution < 1.29 is 13.2 Å². The third-order valence-electron chi connectivity index (χ3n) is 2.97. The van der Waals surface area contributed by atoms with Crippen molar-refractivity contribution in [1.82, 2.24) is 4.72 Å². The van der Waals surface area contributed by atoms with E-state index in [9.17, 15) is 13.2 Å². The molecular weight excluding hydrogens is 354 g/mol. The molecule has 0 heterocycles. The van der Waals surface area contributed by atoms with Gasteiger partial charge in [-0.05, 0) is 55.3 Å². The van der Waals surface area contributed by atoms with Gasteiger partial charge in [0.2, 0.25) is 0 Å². The highest BCUT2D eigenvalue weighted by Gasteiger charge is 2.20. The highest BCUT2D eigenvalue weighted by molar-refractivity contribution is 9.10. The van der Waals surface area contributed by atoms with E-state index in [1.165, 1.54) is 0 Å². The number of carbonyl (C=O) groups is 1. The van der Waals surface area contributed by atoms with Gasteiger partial charge >= 0.3 is 0 Å². The van der Waals surface area contributed by atoms with Crippen molar-refractivity contribution in [2.75, 3.05) is 0 Å². The van der Waals surface area contributed by atoms with E-state index in [-0.39, 0.29) is 10.5 Å². The van der Waals surface area contributed by atoms with Gasteiger partial charge in [0.1, 0.15) is 0 Å². The number of halogens is 1. The molecule has 2 aromatic carbocycles. The lowest BCUT2D eigenvalue weighted by Gasteiger charge is -2.10. The van der Waals surface area contributed by atoms with Crippen LogP contribution in [0.25, 0.3) is 0 Å². The van der Waals surface area contributed by atoms with Crippen LogP contribution in [0.15, 0.2) is 51.8 Å². The summed E-state index contributed by atoms with van der Waals surface area (Å²) in [5.74, 6) is -0.650. The highest BCUT2D eigenvalue weighted by Crippen LogP contribution is 2.17. The number of amides is 1. The van der Waals surface area contributed by atoms with Crippen LogP contribution in [0.1, 0.15) is 21.5 Å². The predicted molar refractivity (Wildman–Crippen MR) is 84.7 cm³/mol. The summed E-state index contributed by atoms with van der Waals surface area (Å²) in [6.45, 7) is 3.49. The summed E-state index contributed by atoms with van der Waals surface area (Å²) in [4.78, 5) is 12.2. The zero-order valence-corrected chi connectivity index (χ0v) is 14.0. The van der Waals surface area contributed by atoms with Gasteiger partial charge in [-0.25, -0.2) is 13.1 Å². The first-order valence-electron chi connectivity index (χ1n) is 6.19. The quantitative estimate of drug-likeness (QED) is 0.905. The lowest BCUT2D eigenvalue weighted by Crippen LogP contribution is -2.31. The zero-order valence-electron chi connectivity index (χ0n) is 11.6. The summed E-state index contributed by atoms with van der Waals surface area (Å²) < 4.78 is 27.5. The number of nitrogens with one attached hydrogen (secondary N) is 1. The van der Waals surface area contributed by atoms with Crippen LogP contribution in [0, 0.1) is 13.8 Å². The molecule has 2 rings (SSSR count). The SMILES string of the molecule is Cc1ccc(C)c(S(=O)(=O)NC(=O)c2ccc(Br)cc2)c1. The van der Waals surface area contributed by atoms with Gasteiger partial charge in [0.05, 0.1) is 4.90 Å². The Hall–Kier alpha value is -1.66. The zero-order chi connectivity index (χ0) is 15.6. The number of hydrogen-bond acceptors (Lipinski definition) is 3. The van der Waals surface area contributed by atoms with Crippen LogP contribution < -0.4 is 4.72 Å². The molecule has 0 aliphatic heterocycles. The van der Waals surface area contributed by atoms with E-state index in [4.69, 9.17) is 0 Å². The van der Waals surface area contributed by atoms with E-state index in [1.807, 2.05) is 6.07 Å². The molecule has 1 N–H and O–H groups in total. The number of hydrogen-bond donors (Lipinski definition) is 1. The average molecular weight is 368 g/mol. The number of rotatable bonds is 3. The van der Waals surface area contributed by atoms with Crippen molar-refractivity contribution in [3.05, 3.63) is 63.6 Å². The first-order valence-corrected chi connectivity index (χ1v) is 8.47. The summed E-state index contributed by atoms with van der Waals surface area (Å²) in [7, 11) is -3.88. The molecule has 110 valence electrons. The Labute approximate surface area is 132 Å². The largest absolute Gasteiger partial charge is 0.268 e. The molecule has 0 spiro atoms. The van der Waals surface area contributed by atoms with Crippen molar-refractivity contribution in [3.8, 4) is 0 Å². The smallest absolute Gasteiger partial charge is 0.264 e. The summed E-state index contributed by atoms with van der Waals surface area (Å²) in [6.07, 6.45) is 0. The molecule has 0 fully saturated rings. The third kappa shape index (κ3) is 3.71. The van der Waals surface area contributed by atoms with E-state index in [0.717, 1.165) is 10.0 Å². The van der Waals surface area contributed by atoms with E-state index >= 15 is 0 Å². The minimum atomic E-state index is -3.88. The van der Waals surface area contributed by atoms with Gasteiger partial charge in [-0.2, -0.15) is 0 Å². The van der Waals surface area contributed by atoms with Gasteiger partial charge in [0.15, 0.2) is 0 Å². The standard InChI is InChI=1S/C15H14BrNO3S/c1-10-3-4-11(2)14(9-10)21(19,20)17-15(18)12-5-7-13(16)8-6-12/h3-9H,1-2H3,(H,17,18). The number of carbonyl (C=O) groups excluding carboxylic acids is 1. The topological polar surface area (TPSA) is 63.2 Å². The van der Waals surface area contributed by atoms with Gasteiger partial charge in [-0.3, -0.25) is 4.79 Å². The highest BCUT2D eigenvalue weighted by atomic mass is 79.9. The van der Waals surface area contributed by atoms with Crippen LogP contribution in [-0.2, 0) is 10.0 Å². The minimum Gasteiger partial charge on any atom is -0.268 e. The van der Waals surface area contributed by atoms with Crippen molar-refractivity contribution in [2.24, 2.45) is 0 Å². The maximum Gasteiger partial charge on any atom is 0.264 e. The lowest BCUT2D eigenvalue weighted by molar-refractivity contribution is 0.0981. The number of sulfonamides is 1. The molecule has 6 heteroatoms. The third-order valence-corrected chi connectivity index (χ3v) is 4.97. The molecule has 0 aromatic heterocycles. The molecule has 2 aromatic rings. The van der Waals surface area contributed by atoms with Crippen LogP contribution in [-0.4, -0.2) is 14.3 Å². The number of benzene rings is 2. The first-order chi connectivity index (χ1) is 9.79. The Morgan fingerprint density at radius 2 is 1.67 bits per heavy atom. The average Bonchev–Trinajstić information content (AvgIpc) is 2.41. The summed E-state index contributed by atoms with van der Waals surface area (Å²) in [5, 5.41) is 0. The molecule has 0 saturated carbocycles. The number of aryl methyl sites for hydroxylation is 2. The maximum atomic E-state index is 12.3. The van der Waals surface area contributed by atoms with Crippen molar-refractivity contribution in [1.29, 1.82) is 0 Å². The molecular formula is C15H14BrNO3S. The molecule has 0 aliphatic carbocycles. The Morgan fingerprint density at radius 1 is 1.05 bits per heavy atom. The van der Waals surface area contributed by atoms with Crippen LogP contribution in [0.4, 0.5) is 0 Å². The van der Waals surface area contributed by atoms with E-state index in [2.05, 4.69) is 20.7 Å². The molecule has 0 atom stereocenters. The normalized spacial score (nSPS) is 11.2. The van der Waals surface area contributed by atoms with Gasteiger partial charge < -0.3 is 0 Å². The van der Waals surface area contributed by atoms with E-state index in [1.54, 1.807) is 50.2 Å². The van der Waals surface area contributed by atoms with Gasteiger partial charge in [0, 0.05) is 10.0 Å². The Morgan fingerprint density at radius 3 is 2.29 bits per heavy atom. The summed E-state index contributed by atoms with van der Waals surface area (Å²) in [5.41, 5.74) is 1.70. The molecule has 0 bridgehead atoms. The van der Waals surface area contributed by atoms with Crippen molar-refractivity contribution >= 4 is 31.9 Å². The molecule has 0 aliphatic rings. The Balaban J connectivity index is 2.31. The molecule has 0 unspecified atom stereocenters. The van der Waals surface area contributed by atoms with Crippen LogP contribution in [0.2, 0.25) is 0 Å². The maximum absolute atomic E-state index is 12.3. The molecule has 21 heavy (non-hydrogen) atoms. The van der Waals surface area contributed by atoms with Gasteiger partial charge in [-0.1, -0.05) is 28.1 Å².